The van der Waals surface area contributed by atoms with Crippen LogP contribution in [0.3, 0.4) is 0 Å². The van der Waals surface area contributed by atoms with Crippen molar-refractivity contribution >= 4 is 62.2 Å². The number of aliphatic carboxylic acids is 1. The lowest BCUT2D eigenvalue weighted by Crippen LogP contribution is -2.15. The number of thiocarbonyl (C=S) groups is 1. The van der Waals surface area contributed by atoms with Gasteiger partial charge in [0.05, 0.1) is 5.92 Å². The van der Waals surface area contributed by atoms with Gasteiger partial charge in [0.1, 0.15) is 4.99 Å². The molecule has 0 bridgehead atoms. The van der Waals surface area contributed by atoms with Crippen LogP contribution in [0.5, 0.6) is 0 Å². The number of hydrogen-bond donors (Lipinski definition) is 3. The summed E-state index contributed by atoms with van der Waals surface area (Å²) >= 11 is 8.94. The van der Waals surface area contributed by atoms with Crippen molar-refractivity contribution in [1.82, 2.24) is 4.98 Å². The van der Waals surface area contributed by atoms with Gasteiger partial charge in [0, 0.05) is 50.2 Å². The van der Waals surface area contributed by atoms with Gasteiger partial charge in [0.25, 0.3) is 0 Å². The third-order valence-electron chi connectivity index (χ3n) is 5.11. The van der Waals surface area contributed by atoms with Crippen LogP contribution in [0.15, 0.2) is 22.7 Å². The zero-order valence-electron chi connectivity index (χ0n) is 14.6. The Labute approximate surface area is 170 Å². The first-order valence-corrected chi connectivity index (χ1v) is 9.90. The molecule has 27 heavy (non-hydrogen) atoms. The molecule has 1 aromatic carbocycles. The molecule has 1 unspecified atom stereocenters. The summed E-state index contributed by atoms with van der Waals surface area (Å²) in [5.41, 5.74) is 5.27. The molecule has 0 saturated heterocycles. The summed E-state index contributed by atoms with van der Waals surface area (Å²) in [7, 11) is 0. The molecule has 0 saturated carbocycles. The molecule has 0 amide bonds. The Balaban J connectivity index is 1.90. The molecule has 5 nitrogen and oxygen atoms in total. The number of halogens is 1. The summed E-state index contributed by atoms with van der Waals surface area (Å²) < 4.78 is 0.943. The number of carboxylic acids is 1. The van der Waals surface area contributed by atoms with E-state index < -0.39 is 11.9 Å². The van der Waals surface area contributed by atoms with Gasteiger partial charge in [0.15, 0.2) is 5.78 Å². The fourth-order valence-corrected chi connectivity index (χ4v) is 4.43. The summed E-state index contributed by atoms with van der Waals surface area (Å²) in [6, 6.07) is 5.85. The van der Waals surface area contributed by atoms with Crippen LogP contribution in [0.4, 0.5) is 5.69 Å². The molecule has 2 heterocycles. The van der Waals surface area contributed by atoms with Crippen molar-refractivity contribution in [2.75, 3.05) is 5.32 Å². The number of carboxylic acid groups (broad SMARTS) is 1. The summed E-state index contributed by atoms with van der Waals surface area (Å²) in [6.45, 7) is 1.62. The molecule has 1 atom stereocenters. The molecule has 0 radical (unpaired) electrons. The van der Waals surface area contributed by atoms with Gasteiger partial charge in [-0.1, -0.05) is 34.2 Å². The smallest absolute Gasteiger partial charge is 0.310 e. The topological polar surface area (TPSA) is 82.2 Å². The SMILES string of the molecule is CC(C(=O)O)c1c(/C=C2/C(=S)Nc3cc(Br)ccc32)[nH]c2c1C(=O)CCC2. The van der Waals surface area contributed by atoms with E-state index in [0.717, 1.165) is 39.8 Å². The van der Waals surface area contributed by atoms with Crippen LogP contribution in [0.1, 0.15) is 58.6 Å². The highest BCUT2D eigenvalue weighted by Gasteiger charge is 2.31. The second-order valence-electron chi connectivity index (χ2n) is 6.84. The molecule has 2 aromatic rings. The Bertz CT molecular complexity index is 1040. The highest BCUT2D eigenvalue weighted by atomic mass is 79.9. The number of aromatic amines is 1. The van der Waals surface area contributed by atoms with Gasteiger partial charge in [-0.2, -0.15) is 0 Å². The van der Waals surface area contributed by atoms with Crippen molar-refractivity contribution in [3.8, 4) is 0 Å². The molecule has 4 rings (SSSR count). The summed E-state index contributed by atoms with van der Waals surface area (Å²) in [4.78, 5) is 28.1. The summed E-state index contributed by atoms with van der Waals surface area (Å²) in [6.07, 6.45) is 3.85. The van der Waals surface area contributed by atoms with E-state index in [2.05, 4.69) is 26.2 Å². The fourth-order valence-electron chi connectivity index (χ4n) is 3.79. The van der Waals surface area contributed by atoms with Crippen LogP contribution in [0.2, 0.25) is 0 Å². The van der Waals surface area contributed by atoms with Crippen LogP contribution in [0, 0.1) is 0 Å². The van der Waals surface area contributed by atoms with Gasteiger partial charge in [-0.25, -0.2) is 0 Å². The van der Waals surface area contributed by atoms with Crippen LogP contribution in [-0.2, 0) is 11.2 Å². The Morgan fingerprint density at radius 2 is 2.15 bits per heavy atom. The molecule has 7 heteroatoms. The van der Waals surface area contributed by atoms with Crippen molar-refractivity contribution in [2.45, 2.75) is 32.1 Å². The van der Waals surface area contributed by atoms with Crippen LogP contribution >= 0.6 is 28.1 Å². The number of aromatic nitrogens is 1. The molecule has 1 aliphatic carbocycles. The van der Waals surface area contributed by atoms with Gasteiger partial charge < -0.3 is 15.4 Å². The lowest BCUT2D eigenvalue weighted by Gasteiger charge is -2.14. The van der Waals surface area contributed by atoms with E-state index in [1.165, 1.54) is 0 Å². The first-order valence-electron chi connectivity index (χ1n) is 8.70. The molecule has 1 aromatic heterocycles. The van der Waals surface area contributed by atoms with Crippen molar-refractivity contribution in [1.29, 1.82) is 0 Å². The van der Waals surface area contributed by atoms with E-state index >= 15 is 0 Å². The molecule has 138 valence electrons. The number of Topliss-reactive ketones (excluding diaryl/α,β-unsaturated/α-hetero) is 1. The third-order valence-corrected chi connectivity index (χ3v) is 5.93. The predicted molar refractivity (Wildman–Crippen MR) is 112 cm³/mol. The van der Waals surface area contributed by atoms with Crippen LogP contribution < -0.4 is 5.32 Å². The van der Waals surface area contributed by atoms with E-state index in [0.29, 0.717) is 28.2 Å². The minimum Gasteiger partial charge on any atom is -0.481 e. The first kappa shape index (κ1) is 18.1. The Morgan fingerprint density at radius 3 is 2.89 bits per heavy atom. The third kappa shape index (κ3) is 3.04. The second kappa shape index (κ2) is 6.73. The molecule has 3 N–H and O–H groups in total. The van der Waals surface area contributed by atoms with E-state index in [1.54, 1.807) is 6.92 Å². The maximum atomic E-state index is 12.5. The number of nitrogens with one attached hydrogen (secondary N) is 2. The van der Waals surface area contributed by atoms with E-state index in [9.17, 15) is 14.7 Å². The normalized spacial score (nSPS) is 18.2. The second-order valence-corrected chi connectivity index (χ2v) is 8.17. The van der Waals surface area contributed by atoms with Gasteiger partial charge in [0.2, 0.25) is 0 Å². The van der Waals surface area contributed by atoms with Gasteiger partial charge in [-0.05, 0) is 38.0 Å². The van der Waals surface area contributed by atoms with Crippen molar-refractivity contribution in [3.63, 3.8) is 0 Å². The number of fused-ring (bicyclic) bond motifs is 2. The lowest BCUT2D eigenvalue weighted by molar-refractivity contribution is -0.138. The minimum absolute atomic E-state index is 0.0108. The number of carbonyl (C=O) groups excluding carboxylic acids is 1. The number of aryl methyl sites for hydroxylation is 1. The minimum atomic E-state index is -0.953. The van der Waals surface area contributed by atoms with E-state index in [1.807, 2.05) is 24.3 Å². The molecular formula is C20H17BrN2O3S. The molecule has 0 fully saturated rings. The van der Waals surface area contributed by atoms with Crippen LogP contribution in [-0.4, -0.2) is 26.8 Å². The Kier molecular flexibility index (Phi) is 4.52. The average Bonchev–Trinajstić information content (AvgIpc) is 3.12. The number of benzene rings is 1. The van der Waals surface area contributed by atoms with Gasteiger partial charge >= 0.3 is 5.97 Å². The first-order chi connectivity index (χ1) is 12.9. The summed E-state index contributed by atoms with van der Waals surface area (Å²) in [5, 5.41) is 12.8. The van der Waals surface area contributed by atoms with Crippen LogP contribution in [0.25, 0.3) is 11.6 Å². The predicted octanol–water partition coefficient (Wildman–Crippen LogP) is 4.78. The van der Waals surface area contributed by atoms with Crippen molar-refractivity contribution < 1.29 is 14.7 Å². The Hall–Kier alpha value is -2.25. The maximum Gasteiger partial charge on any atom is 0.310 e. The number of H-pyrrole nitrogens is 1. The monoisotopic (exact) mass is 444 g/mol. The van der Waals surface area contributed by atoms with Gasteiger partial charge in [-0.15, -0.1) is 0 Å². The number of hydrogen-bond acceptors (Lipinski definition) is 3. The largest absolute Gasteiger partial charge is 0.481 e. The highest BCUT2D eigenvalue weighted by molar-refractivity contribution is 9.10. The molecule has 0 spiro atoms. The van der Waals surface area contributed by atoms with Crippen molar-refractivity contribution in [3.05, 3.63) is 50.8 Å². The lowest BCUT2D eigenvalue weighted by atomic mass is 9.87. The molecule has 1 aliphatic heterocycles. The number of carbonyl (C=O) groups is 2. The average molecular weight is 445 g/mol. The van der Waals surface area contributed by atoms with E-state index in [4.69, 9.17) is 12.2 Å². The van der Waals surface area contributed by atoms with E-state index in [-0.39, 0.29) is 5.78 Å². The van der Waals surface area contributed by atoms with Gasteiger partial charge in [-0.3, -0.25) is 9.59 Å². The zero-order chi connectivity index (χ0) is 19.3. The zero-order valence-corrected chi connectivity index (χ0v) is 17.0. The number of ketones is 1. The number of rotatable bonds is 3. The maximum absolute atomic E-state index is 12.5. The standard InChI is InChI=1S/C20H17BrN2O3S/c1-9(20(25)26)17-15(22-13-3-2-4-16(24)18(13)17)8-12-11-6-5-10(21)7-14(11)23-19(12)27/h5-9,22H,2-4H2,1H3,(H,23,27)(H,25,26)/b12-8+. The van der Waals surface area contributed by atoms with Crippen molar-refractivity contribution in [2.24, 2.45) is 0 Å². The molecular weight excluding hydrogens is 428 g/mol. The quantitative estimate of drug-likeness (QED) is 0.468. The summed E-state index contributed by atoms with van der Waals surface area (Å²) in [5.74, 6) is -1.73. The molecule has 2 aliphatic rings. The highest BCUT2D eigenvalue weighted by Crippen LogP contribution is 2.38. The number of anilines is 1. The fraction of sp³-hybridized carbons (Fsp3) is 0.250. The Morgan fingerprint density at radius 1 is 1.37 bits per heavy atom.